The fraction of sp³-hybridized carbons (Fsp3) is 0.875. The van der Waals surface area contributed by atoms with Gasteiger partial charge < -0.3 is 20.4 Å². The second-order valence-corrected chi connectivity index (χ2v) is 8.16. The molecule has 0 saturated carbocycles. The largest absolute Gasteiger partial charge is 0.480 e. The van der Waals surface area contributed by atoms with E-state index >= 15 is 0 Å². The van der Waals surface area contributed by atoms with Crippen molar-refractivity contribution in [3.8, 4) is 0 Å². The number of aliphatic hydroxyl groups is 1. The number of nitrogens with zero attached hydrogens (tertiary/aromatic N) is 1. The van der Waals surface area contributed by atoms with Gasteiger partial charge in [-0.1, -0.05) is 0 Å². The van der Waals surface area contributed by atoms with Crippen molar-refractivity contribution in [2.45, 2.75) is 76.6 Å². The Labute approximate surface area is 131 Å². The Morgan fingerprint density at radius 2 is 1.73 bits per heavy atom. The van der Waals surface area contributed by atoms with Gasteiger partial charge in [0.25, 0.3) is 0 Å². The molecule has 3 N–H and O–H groups in total. The zero-order valence-electron chi connectivity index (χ0n) is 13.9. The second-order valence-electron chi connectivity index (χ2n) is 8.16. The van der Waals surface area contributed by atoms with E-state index in [2.05, 4.69) is 33.0 Å². The zero-order valence-corrected chi connectivity index (χ0v) is 13.9. The molecule has 6 heteroatoms. The highest BCUT2D eigenvalue weighted by atomic mass is 16.4. The Balaban J connectivity index is 2.03. The molecule has 0 aromatic rings. The number of carboxylic acid groups (broad SMARTS) is 1. The van der Waals surface area contributed by atoms with Crippen LogP contribution in [0.15, 0.2) is 0 Å². The van der Waals surface area contributed by atoms with Crippen LogP contribution in [0.5, 0.6) is 0 Å². The van der Waals surface area contributed by atoms with Crippen LogP contribution in [0.3, 0.4) is 0 Å². The molecule has 2 aliphatic heterocycles. The predicted octanol–water partition coefficient (Wildman–Crippen LogP) is 0.980. The maximum absolute atomic E-state index is 12.5. The molecule has 2 aliphatic rings. The summed E-state index contributed by atoms with van der Waals surface area (Å²) in [4.78, 5) is 25.1. The van der Waals surface area contributed by atoms with Crippen molar-refractivity contribution in [1.29, 1.82) is 0 Å². The van der Waals surface area contributed by atoms with Crippen LogP contribution >= 0.6 is 0 Å². The number of carboxylic acids is 1. The zero-order chi connectivity index (χ0) is 16.7. The van der Waals surface area contributed by atoms with Gasteiger partial charge in [0, 0.05) is 30.5 Å². The number of hydrogen-bond acceptors (Lipinski definition) is 4. The Morgan fingerprint density at radius 3 is 2.23 bits per heavy atom. The average molecular weight is 312 g/mol. The highest BCUT2D eigenvalue weighted by Gasteiger charge is 2.42. The second kappa shape index (κ2) is 5.81. The highest BCUT2D eigenvalue weighted by molar-refractivity contribution is 5.84. The molecule has 0 aliphatic carbocycles. The molecule has 2 heterocycles. The summed E-state index contributed by atoms with van der Waals surface area (Å²) in [6, 6.07) is -0.884. The molecule has 2 atom stereocenters. The Kier molecular flexibility index (Phi) is 4.55. The first-order valence-corrected chi connectivity index (χ1v) is 7.99. The molecular formula is C16H28N2O4. The number of aliphatic carboxylic acids is 1. The summed E-state index contributed by atoms with van der Waals surface area (Å²) in [5.41, 5.74) is -0.0765. The number of rotatable bonds is 3. The predicted molar refractivity (Wildman–Crippen MR) is 82.4 cm³/mol. The fourth-order valence-corrected chi connectivity index (χ4v) is 4.37. The molecule has 0 unspecified atom stereocenters. The summed E-state index contributed by atoms with van der Waals surface area (Å²) in [6.45, 7) is 8.65. The van der Waals surface area contributed by atoms with Crippen LogP contribution in [0.25, 0.3) is 0 Å². The van der Waals surface area contributed by atoms with Crippen molar-refractivity contribution in [2.75, 3.05) is 6.54 Å². The lowest BCUT2D eigenvalue weighted by atomic mass is 9.74. The van der Waals surface area contributed by atoms with Crippen LogP contribution in [0.4, 0.5) is 0 Å². The summed E-state index contributed by atoms with van der Waals surface area (Å²) in [5.74, 6) is -0.954. The van der Waals surface area contributed by atoms with Gasteiger partial charge in [0.05, 0.1) is 6.10 Å². The number of amides is 1. The van der Waals surface area contributed by atoms with Gasteiger partial charge in [-0.15, -0.1) is 0 Å². The van der Waals surface area contributed by atoms with E-state index in [-0.39, 0.29) is 35.9 Å². The minimum Gasteiger partial charge on any atom is -0.480 e. The quantitative estimate of drug-likeness (QED) is 0.723. The van der Waals surface area contributed by atoms with Gasteiger partial charge in [-0.05, 0) is 46.5 Å². The number of nitrogens with one attached hydrogen (secondary N) is 1. The third-order valence-corrected chi connectivity index (χ3v) is 4.62. The van der Waals surface area contributed by atoms with Crippen molar-refractivity contribution in [2.24, 2.45) is 5.92 Å². The normalized spacial score (nSPS) is 31.2. The number of carbonyl (C=O) groups is 2. The molecule has 0 bridgehead atoms. The number of β-amino-alcohol motifs (C(OH)–C–C–N with tert-alkyl or cyclic N) is 1. The van der Waals surface area contributed by atoms with E-state index < -0.39 is 18.1 Å². The van der Waals surface area contributed by atoms with E-state index in [4.69, 9.17) is 0 Å². The molecule has 2 rings (SSSR count). The van der Waals surface area contributed by atoms with Gasteiger partial charge in [-0.3, -0.25) is 4.79 Å². The molecule has 0 aromatic heterocycles. The van der Waals surface area contributed by atoms with Crippen molar-refractivity contribution < 1.29 is 19.8 Å². The maximum atomic E-state index is 12.5. The van der Waals surface area contributed by atoms with Gasteiger partial charge in [0.15, 0.2) is 0 Å². The summed E-state index contributed by atoms with van der Waals surface area (Å²) in [5, 5.41) is 22.5. The third-order valence-electron chi connectivity index (χ3n) is 4.62. The van der Waals surface area contributed by atoms with Crippen LogP contribution in [0, 0.1) is 5.92 Å². The highest BCUT2D eigenvalue weighted by Crippen LogP contribution is 2.35. The molecule has 1 amide bonds. The van der Waals surface area contributed by atoms with Crippen LogP contribution in [0.2, 0.25) is 0 Å². The van der Waals surface area contributed by atoms with Gasteiger partial charge in [0.1, 0.15) is 6.04 Å². The molecule has 0 spiro atoms. The van der Waals surface area contributed by atoms with E-state index in [9.17, 15) is 19.8 Å². The van der Waals surface area contributed by atoms with Crippen LogP contribution < -0.4 is 5.32 Å². The first-order valence-electron chi connectivity index (χ1n) is 7.99. The Hall–Kier alpha value is -1.14. The molecule has 0 radical (unpaired) electrons. The maximum Gasteiger partial charge on any atom is 0.326 e. The van der Waals surface area contributed by atoms with Gasteiger partial charge >= 0.3 is 5.97 Å². The number of likely N-dealkylation sites (tertiary alicyclic amines) is 1. The summed E-state index contributed by atoms with van der Waals surface area (Å²) in [7, 11) is 0. The van der Waals surface area contributed by atoms with Gasteiger partial charge in [0.2, 0.25) is 5.91 Å². The Morgan fingerprint density at radius 1 is 1.18 bits per heavy atom. The smallest absolute Gasteiger partial charge is 0.326 e. The number of hydrogen-bond donors (Lipinski definition) is 3. The van der Waals surface area contributed by atoms with Gasteiger partial charge in [-0.25, -0.2) is 4.79 Å². The van der Waals surface area contributed by atoms with E-state index in [0.29, 0.717) is 6.42 Å². The number of piperidine rings is 1. The first kappa shape index (κ1) is 17.2. The lowest BCUT2D eigenvalue weighted by Crippen LogP contribution is -2.58. The minimum absolute atomic E-state index is 0.0383. The lowest BCUT2D eigenvalue weighted by molar-refractivity contribution is -0.148. The molecule has 22 heavy (non-hydrogen) atoms. The number of aliphatic hydroxyl groups excluding tert-OH is 1. The van der Waals surface area contributed by atoms with Crippen LogP contribution in [-0.2, 0) is 9.59 Å². The fourth-order valence-electron chi connectivity index (χ4n) is 4.37. The summed E-state index contributed by atoms with van der Waals surface area (Å²) < 4.78 is 0. The molecule has 2 fully saturated rings. The molecule has 126 valence electrons. The van der Waals surface area contributed by atoms with Crippen molar-refractivity contribution >= 4 is 11.9 Å². The average Bonchev–Trinajstić information content (AvgIpc) is 2.67. The van der Waals surface area contributed by atoms with E-state index in [1.165, 1.54) is 4.90 Å². The summed E-state index contributed by atoms with van der Waals surface area (Å²) in [6.07, 6.45) is 1.52. The monoisotopic (exact) mass is 312 g/mol. The topological polar surface area (TPSA) is 89.9 Å². The summed E-state index contributed by atoms with van der Waals surface area (Å²) >= 11 is 0. The molecule has 6 nitrogen and oxygen atoms in total. The standard InChI is InChI=1S/C16H28N2O4/c1-15(2)7-10(8-16(3,4)17-15)5-13(20)18-9-11(19)6-12(18)14(21)22/h10-12,17,19H,5-9H2,1-4H3,(H,21,22)/t11-,12+/m1/s1. The van der Waals surface area contributed by atoms with Crippen molar-refractivity contribution in [1.82, 2.24) is 10.2 Å². The van der Waals surface area contributed by atoms with Crippen LogP contribution in [0.1, 0.15) is 53.4 Å². The Bertz CT molecular complexity index is 445. The van der Waals surface area contributed by atoms with Crippen molar-refractivity contribution in [3.05, 3.63) is 0 Å². The minimum atomic E-state index is -1.03. The molecular weight excluding hydrogens is 284 g/mol. The first-order chi connectivity index (χ1) is 9.99. The van der Waals surface area contributed by atoms with Crippen LogP contribution in [-0.4, -0.2) is 56.8 Å². The van der Waals surface area contributed by atoms with E-state index in [0.717, 1.165) is 12.8 Å². The lowest BCUT2D eigenvalue weighted by Gasteiger charge is -2.46. The molecule has 2 saturated heterocycles. The van der Waals surface area contributed by atoms with E-state index in [1.807, 2.05) is 0 Å². The third kappa shape index (κ3) is 3.98. The molecule has 0 aromatic carbocycles. The van der Waals surface area contributed by atoms with Crippen molar-refractivity contribution in [3.63, 3.8) is 0 Å². The SMILES string of the molecule is CC1(C)CC(CC(=O)N2C[C@H](O)C[C@H]2C(=O)O)CC(C)(C)N1. The van der Waals surface area contributed by atoms with Gasteiger partial charge in [-0.2, -0.15) is 0 Å². The number of carbonyl (C=O) groups excluding carboxylic acids is 1. The van der Waals surface area contributed by atoms with E-state index in [1.54, 1.807) is 0 Å².